The third-order valence-electron chi connectivity index (χ3n) is 6.39. The van der Waals surface area contributed by atoms with Gasteiger partial charge in [0, 0.05) is 31.5 Å². The number of fused-ring (bicyclic) bond motifs is 1. The Morgan fingerprint density at radius 1 is 1.20 bits per heavy atom. The molecule has 2 aliphatic rings. The predicted molar refractivity (Wildman–Crippen MR) is 113 cm³/mol. The summed E-state index contributed by atoms with van der Waals surface area (Å²) < 4.78 is 7.27. The van der Waals surface area contributed by atoms with Crippen molar-refractivity contribution in [1.29, 1.82) is 0 Å². The number of rotatable bonds is 7. The standard InChI is InChI=1S/C23H30N4O3/c1-30-21-11-5-3-9-18(21)23(29)27-19-10-4-2-8-17(19)16-20(27)22(28)24-12-6-14-26-15-7-13-25-26/h3,5,7,9,11,13,15,17,19-20H,2,4,6,8,10,12,14,16H2,1H3,(H,24,28)/t17-,19+,20-/m0/s1. The highest BCUT2D eigenvalue weighted by atomic mass is 16.5. The Bertz CT molecular complexity index is 867. The van der Waals surface area contributed by atoms with E-state index in [-0.39, 0.29) is 17.9 Å². The largest absolute Gasteiger partial charge is 0.496 e. The summed E-state index contributed by atoms with van der Waals surface area (Å²) in [6.07, 6.45) is 9.55. The number of benzene rings is 1. The average molecular weight is 411 g/mol. The van der Waals surface area contributed by atoms with Gasteiger partial charge in [0.25, 0.3) is 5.91 Å². The number of amides is 2. The van der Waals surface area contributed by atoms with E-state index in [4.69, 9.17) is 4.74 Å². The molecule has 1 aromatic heterocycles. The number of carbonyl (C=O) groups is 2. The molecule has 1 aromatic carbocycles. The van der Waals surface area contributed by atoms with E-state index in [0.717, 1.165) is 38.6 Å². The van der Waals surface area contributed by atoms with E-state index in [9.17, 15) is 9.59 Å². The molecule has 2 aromatic rings. The lowest BCUT2D eigenvalue weighted by atomic mass is 9.84. The summed E-state index contributed by atoms with van der Waals surface area (Å²) in [5.74, 6) is 0.809. The van der Waals surface area contributed by atoms with Crippen LogP contribution < -0.4 is 10.1 Å². The number of hydrogen-bond donors (Lipinski definition) is 1. The molecule has 30 heavy (non-hydrogen) atoms. The van der Waals surface area contributed by atoms with Gasteiger partial charge in [-0.25, -0.2) is 0 Å². The van der Waals surface area contributed by atoms with Crippen LogP contribution in [0.25, 0.3) is 0 Å². The first-order valence-corrected chi connectivity index (χ1v) is 10.9. The average Bonchev–Trinajstić information content (AvgIpc) is 3.43. The molecular formula is C23H30N4O3. The minimum atomic E-state index is -0.416. The fourth-order valence-corrected chi connectivity index (χ4v) is 4.95. The van der Waals surface area contributed by atoms with Crippen LogP contribution >= 0.6 is 0 Å². The van der Waals surface area contributed by atoms with Gasteiger partial charge in [-0.15, -0.1) is 0 Å². The second-order valence-electron chi connectivity index (χ2n) is 8.19. The molecule has 7 nitrogen and oxygen atoms in total. The quantitative estimate of drug-likeness (QED) is 0.712. The topological polar surface area (TPSA) is 76.5 Å². The molecule has 0 radical (unpaired) electrons. The first-order valence-electron chi connectivity index (χ1n) is 10.9. The fourth-order valence-electron chi connectivity index (χ4n) is 4.95. The Morgan fingerprint density at radius 2 is 2.03 bits per heavy atom. The van der Waals surface area contributed by atoms with Gasteiger partial charge in [-0.2, -0.15) is 5.10 Å². The molecule has 160 valence electrons. The van der Waals surface area contributed by atoms with Crippen LogP contribution in [-0.2, 0) is 11.3 Å². The van der Waals surface area contributed by atoms with Gasteiger partial charge in [-0.1, -0.05) is 25.0 Å². The first kappa shape index (κ1) is 20.4. The van der Waals surface area contributed by atoms with E-state index in [1.54, 1.807) is 25.4 Å². The lowest BCUT2D eigenvalue weighted by Gasteiger charge is -2.34. The first-order chi connectivity index (χ1) is 14.7. The Labute approximate surface area is 177 Å². The Hall–Kier alpha value is -2.83. The fraction of sp³-hybridized carbons (Fsp3) is 0.522. The summed E-state index contributed by atoms with van der Waals surface area (Å²) in [6, 6.07) is 8.89. The summed E-state index contributed by atoms with van der Waals surface area (Å²) in [5, 5.41) is 7.24. The lowest BCUT2D eigenvalue weighted by Crippen LogP contribution is -2.49. The number of aromatic nitrogens is 2. The zero-order valence-electron chi connectivity index (χ0n) is 17.5. The summed E-state index contributed by atoms with van der Waals surface area (Å²) in [4.78, 5) is 28.5. The van der Waals surface area contributed by atoms with E-state index in [2.05, 4.69) is 10.4 Å². The van der Waals surface area contributed by atoms with Gasteiger partial charge < -0.3 is 15.0 Å². The van der Waals surface area contributed by atoms with Crippen LogP contribution in [0, 0.1) is 5.92 Å². The molecule has 0 unspecified atom stereocenters. The van der Waals surface area contributed by atoms with Crippen LogP contribution in [0.15, 0.2) is 42.7 Å². The number of hydrogen-bond acceptors (Lipinski definition) is 4. The molecule has 1 saturated heterocycles. The molecule has 1 aliphatic carbocycles. The molecule has 2 fully saturated rings. The number of aryl methyl sites for hydroxylation is 1. The number of ether oxygens (including phenoxy) is 1. The van der Waals surface area contributed by atoms with Crippen molar-refractivity contribution < 1.29 is 14.3 Å². The van der Waals surface area contributed by atoms with Crippen molar-refractivity contribution in [1.82, 2.24) is 20.0 Å². The minimum Gasteiger partial charge on any atom is -0.496 e. The Balaban J connectivity index is 1.47. The van der Waals surface area contributed by atoms with Gasteiger partial charge in [0.15, 0.2) is 0 Å². The van der Waals surface area contributed by atoms with Gasteiger partial charge in [-0.05, 0) is 49.8 Å². The number of nitrogens with zero attached hydrogens (tertiary/aromatic N) is 3. The van der Waals surface area contributed by atoms with Crippen molar-refractivity contribution in [2.75, 3.05) is 13.7 Å². The zero-order valence-corrected chi connectivity index (χ0v) is 17.5. The maximum atomic E-state index is 13.5. The van der Waals surface area contributed by atoms with Crippen molar-refractivity contribution >= 4 is 11.8 Å². The molecule has 2 amide bonds. The third kappa shape index (κ3) is 4.20. The lowest BCUT2D eigenvalue weighted by molar-refractivity contribution is -0.125. The normalized spacial score (nSPS) is 23.1. The maximum absolute atomic E-state index is 13.5. The number of nitrogens with one attached hydrogen (secondary N) is 1. The van der Waals surface area contributed by atoms with E-state index < -0.39 is 6.04 Å². The van der Waals surface area contributed by atoms with Crippen molar-refractivity contribution in [2.24, 2.45) is 5.92 Å². The van der Waals surface area contributed by atoms with Crippen LogP contribution in [-0.4, -0.2) is 52.2 Å². The van der Waals surface area contributed by atoms with Crippen molar-refractivity contribution in [3.05, 3.63) is 48.3 Å². The van der Waals surface area contributed by atoms with E-state index in [1.165, 1.54) is 6.42 Å². The number of likely N-dealkylation sites (tertiary alicyclic amines) is 1. The molecular weight excluding hydrogens is 380 g/mol. The monoisotopic (exact) mass is 410 g/mol. The van der Waals surface area contributed by atoms with E-state index >= 15 is 0 Å². The number of para-hydroxylation sites is 1. The minimum absolute atomic E-state index is 0.0480. The van der Waals surface area contributed by atoms with E-state index in [0.29, 0.717) is 23.8 Å². The molecule has 2 heterocycles. The van der Waals surface area contributed by atoms with Gasteiger partial charge in [0.05, 0.1) is 12.7 Å². The van der Waals surface area contributed by atoms with E-state index in [1.807, 2.05) is 34.0 Å². The smallest absolute Gasteiger partial charge is 0.258 e. The Morgan fingerprint density at radius 3 is 2.83 bits per heavy atom. The number of methoxy groups -OCH3 is 1. The van der Waals surface area contributed by atoms with Gasteiger partial charge in [0.2, 0.25) is 5.91 Å². The summed E-state index contributed by atoms with van der Waals surface area (Å²) in [7, 11) is 1.57. The molecule has 1 aliphatic heterocycles. The van der Waals surface area contributed by atoms with Crippen LogP contribution in [0.2, 0.25) is 0 Å². The SMILES string of the molecule is COc1ccccc1C(=O)N1[C@@H]2CCCC[C@H]2C[C@H]1C(=O)NCCCn1cccn1. The Kier molecular flexibility index (Phi) is 6.35. The molecule has 4 rings (SSSR count). The summed E-state index contributed by atoms with van der Waals surface area (Å²) in [5.41, 5.74) is 0.530. The van der Waals surface area contributed by atoms with Crippen LogP contribution in [0.3, 0.4) is 0 Å². The van der Waals surface area contributed by atoms with Crippen molar-refractivity contribution in [3.8, 4) is 5.75 Å². The van der Waals surface area contributed by atoms with Gasteiger partial charge >= 0.3 is 0 Å². The van der Waals surface area contributed by atoms with Crippen LogP contribution in [0.4, 0.5) is 0 Å². The molecule has 1 saturated carbocycles. The second kappa shape index (κ2) is 9.32. The highest BCUT2D eigenvalue weighted by Crippen LogP contribution is 2.41. The van der Waals surface area contributed by atoms with Crippen LogP contribution in [0.5, 0.6) is 5.75 Å². The van der Waals surface area contributed by atoms with Crippen LogP contribution in [0.1, 0.15) is 48.9 Å². The molecule has 3 atom stereocenters. The zero-order chi connectivity index (χ0) is 20.9. The second-order valence-corrected chi connectivity index (χ2v) is 8.19. The third-order valence-corrected chi connectivity index (χ3v) is 6.39. The summed E-state index contributed by atoms with van der Waals surface area (Å²) in [6.45, 7) is 1.33. The molecule has 0 bridgehead atoms. The van der Waals surface area contributed by atoms with Crippen molar-refractivity contribution in [2.45, 2.75) is 57.2 Å². The van der Waals surface area contributed by atoms with Crippen molar-refractivity contribution in [3.63, 3.8) is 0 Å². The molecule has 1 N–H and O–H groups in total. The summed E-state index contributed by atoms with van der Waals surface area (Å²) >= 11 is 0. The molecule has 0 spiro atoms. The van der Waals surface area contributed by atoms with Gasteiger partial charge in [-0.3, -0.25) is 14.3 Å². The highest BCUT2D eigenvalue weighted by molar-refractivity contribution is 6.00. The number of carbonyl (C=O) groups excluding carboxylic acids is 2. The highest BCUT2D eigenvalue weighted by Gasteiger charge is 2.47. The van der Waals surface area contributed by atoms with Gasteiger partial charge in [0.1, 0.15) is 11.8 Å². The molecule has 7 heteroatoms. The predicted octanol–water partition coefficient (Wildman–Crippen LogP) is 2.87. The maximum Gasteiger partial charge on any atom is 0.258 e.